The molecule has 266 valence electrons. The molecule has 0 spiro atoms. The Kier molecular flexibility index (Phi) is 6.86. The highest BCUT2D eigenvalue weighted by atomic mass is 16.3. The van der Waals surface area contributed by atoms with Crippen molar-refractivity contribution in [2.24, 2.45) is 0 Å². The lowest BCUT2D eigenvalue weighted by molar-refractivity contribution is 0.669. The summed E-state index contributed by atoms with van der Waals surface area (Å²) in [6.07, 6.45) is 0. The van der Waals surface area contributed by atoms with E-state index in [1.54, 1.807) is 0 Å². The Balaban J connectivity index is 1.15. The van der Waals surface area contributed by atoms with Gasteiger partial charge in [0, 0.05) is 55.2 Å². The highest BCUT2D eigenvalue weighted by Gasteiger charge is 2.22. The molecule has 0 radical (unpaired) electrons. The van der Waals surface area contributed by atoms with Crippen LogP contribution in [0.4, 0.5) is 0 Å². The van der Waals surface area contributed by atoms with E-state index < -0.39 is 0 Å². The van der Waals surface area contributed by atoms with Crippen LogP contribution in [0.2, 0.25) is 0 Å². The van der Waals surface area contributed by atoms with E-state index in [0.717, 1.165) is 77.6 Å². The molecule has 0 amide bonds. The predicted molar refractivity (Wildman–Crippen MR) is 234 cm³/mol. The van der Waals surface area contributed by atoms with Gasteiger partial charge in [0.05, 0.1) is 27.8 Å². The molecular weight excluding hydrogens is 697 g/mol. The van der Waals surface area contributed by atoms with Crippen LogP contribution in [-0.4, -0.2) is 19.1 Å². The first-order valence-corrected chi connectivity index (χ1v) is 19.2. The summed E-state index contributed by atoms with van der Waals surface area (Å²) in [7, 11) is 0. The second-order valence-corrected chi connectivity index (χ2v) is 14.6. The van der Waals surface area contributed by atoms with Crippen molar-refractivity contribution in [1.82, 2.24) is 19.1 Å². The number of aromatic nitrogens is 4. The molecule has 0 aliphatic rings. The quantitative estimate of drug-likeness (QED) is 0.177. The average Bonchev–Trinajstić information content (AvgIpc) is 3.93. The fourth-order valence-corrected chi connectivity index (χ4v) is 8.77. The van der Waals surface area contributed by atoms with E-state index in [9.17, 15) is 0 Å². The molecule has 0 saturated heterocycles. The molecule has 0 aliphatic heterocycles. The Morgan fingerprint density at radius 3 is 1.67 bits per heavy atom. The number of furan rings is 1. The van der Waals surface area contributed by atoms with Crippen molar-refractivity contribution >= 4 is 65.6 Å². The summed E-state index contributed by atoms with van der Waals surface area (Å²) in [5.41, 5.74) is 12.4. The maximum atomic E-state index is 6.35. The number of para-hydroxylation sites is 4. The van der Waals surface area contributed by atoms with Crippen LogP contribution in [0.25, 0.3) is 111 Å². The Hall–Kier alpha value is -7.76. The number of nitrogens with zero attached hydrogens (tertiary/aromatic N) is 4. The maximum Gasteiger partial charge on any atom is 0.162 e. The summed E-state index contributed by atoms with van der Waals surface area (Å²) in [6.45, 7) is 0. The topological polar surface area (TPSA) is 48.8 Å². The fraction of sp³-hybridized carbons (Fsp3) is 0. The Bertz CT molecular complexity index is 3500. The Morgan fingerprint density at radius 2 is 0.930 bits per heavy atom. The lowest BCUT2D eigenvalue weighted by atomic mass is 10.0. The van der Waals surface area contributed by atoms with Crippen LogP contribution < -0.4 is 0 Å². The fourth-order valence-electron chi connectivity index (χ4n) is 8.77. The largest absolute Gasteiger partial charge is 0.456 e. The highest BCUT2D eigenvalue weighted by Crippen LogP contribution is 2.41. The van der Waals surface area contributed by atoms with E-state index in [2.05, 4.69) is 173 Å². The lowest BCUT2D eigenvalue weighted by Crippen LogP contribution is -2.02. The summed E-state index contributed by atoms with van der Waals surface area (Å²) < 4.78 is 11.0. The molecule has 4 heterocycles. The van der Waals surface area contributed by atoms with Crippen LogP contribution >= 0.6 is 0 Å². The van der Waals surface area contributed by atoms with E-state index in [4.69, 9.17) is 14.4 Å². The van der Waals surface area contributed by atoms with E-state index in [0.29, 0.717) is 5.82 Å². The van der Waals surface area contributed by atoms with Gasteiger partial charge in [0.2, 0.25) is 0 Å². The molecule has 5 nitrogen and oxygen atoms in total. The van der Waals surface area contributed by atoms with E-state index in [1.165, 1.54) is 27.4 Å². The van der Waals surface area contributed by atoms with Crippen molar-refractivity contribution in [2.75, 3.05) is 0 Å². The Labute approximate surface area is 327 Å². The molecule has 0 bridgehead atoms. The van der Waals surface area contributed by atoms with Gasteiger partial charge in [0.15, 0.2) is 5.82 Å². The van der Waals surface area contributed by atoms with Crippen LogP contribution in [0.5, 0.6) is 0 Å². The van der Waals surface area contributed by atoms with Gasteiger partial charge >= 0.3 is 0 Å². The molecule has 12 rings (SSSR count). The maximum absolute atomic E-state index is 6.35. The molecule has 4 aromatic heterocycles. The van der Waals surface area contributed by atoms with E-state index in [1.807, 2.05) is 30.3 Å². The number of hydrogen-bond acceptors (Lipinski definition) is 3. The molecule has 8 aromatic carbocycles. The van der Waals surface area contributed by atoms with Crippen molar-refractivity contribution in [3.8, 4) is 45.3 Å². The zero-order valence-electron chi connectivity index (χ0n) is 30.7. The van der Waals surface area contributed by atoms with Crippen LogP contribution in [0, 0.1) is 0 Å². The SMILES string of the molecule is c1ccc(-c2ccc(-c3cc(-n4c5ccccc5c5cc6c(cc54)c4ccccc4n6-c4ccccc4)nc(-c4cccc5oc6ccccc6c45)n3)cc2)cc1. The van der Waals surface area contributed by atoms with Gasteiger partial charge in [0.1, 0.15) is 17.0 Å². The van der Waals surface area contributed by atoms with Gasteiger partial charge in [-0.05, 0) is 59.7 Å². The van der Waals surface area contributed by atoms with Gasteiger partial charge in [-0.3, -0.25) is 4.57 Å². The molecule has 12 aromatic rings. The first kappa shape index (κ1) is 31.6. The van der Waals surface area contributed by atoms with E-state index in [-0.39, 0.29) is 0 Å². The van der Waals surface area contributed by atoms with Crippen LogP contribution in [0.3, 0.4) is 0 Å². The van der Waals surface area contributed by atoms with Crippen molar-refractivity contribution in [3.05, 3.63) is 194 Å². The first-order chi connectivity index (χ1) is 28.3. The second-order valence-electron chi connectivity index (χ2n) is 14.6. The van der Waals surface area contributed by atoms with Crippen LogP contribution in [-0.2, 0) is 0 Å². The molecule has 0 aliphatic carbocycles. The highest BCUT2D eigenvalue weighted by molar-refractivity contribution is 6.19. The monoisotopic (exact) mass is 728 g/mol. The molecule has 0 unspecified atom stereocenters. The number of benzene rings is 8. The van der Waals surface area contributed by atoms with Crippen molar-refractivity contribution in [2.45, 2.75) is 0 Å². The first-order valence-electron chi connectivity index (χ1n) is 19.2. The molecule has 57 heavy (non-hydrogen) atoms. The number of fused-ring (bicyclic) bond motifs is 9. The molecular formula is C52H32N4O. The standard InChI is InChI=1S/C52H32N4O/c1-3-14-33(15-4-1)34-26-28-35(29-27-34)43-32-50(54-52(53-43)40-21-13-25-49-51(40)39-20-9-12-24-48(39)57-49)56-45-23-11-8-19-38(45)42-30-46-41(31-47(42)56)37-18-7-10-22-44(37)55(46)36-16-5-2-6-17-36/h1-32H. The second kappa shape index (κ2) is 12.4. The molecule has 0 saturated carbocycles. The van der Waals surface area contributed by atoms with Gasteiger partial charge in [0.25, 0.3) is 0 Å². The summed E-state index contributed by atoms with van der Waals surface area (Å²) >= 11 is 0. The van der Waals surface area contributed by atoms with Gasteiger partial charge in [-0.25, -0.2) is 9.97 Å². The van der Waals surface area contributed by atoms with Gasteiger partial charge < -0.3 is 8.98 Å². The molecule has 0 atom stereocenters. The lowest BCUT2D eigenvalue weighted by Gasteiger charge is -2.13. The zero-order chi connectivity index (χ0) is 37.5. The van der Waals surface area contributed by atoms with Crippen molar-refractivity contribution in [1.29, 1.82) is 0 Å². The van der Waals surface area contributed by atoms with Crippen molar-refractivity contribution in [3.63, 3.8) is 0 Å². The number of hydrogen-bond donors (Lipinski definition) is 0. The summed E-state index contributed by atoms with van der Waals surface area (Å²) in [5, 5.41) is 6.77. The molecule has 5 heteroatoms. The summed E-state index contributed by atoms with van der Waals surface area (Å²) in [4.78, 5) is 10.8. The van der Waals surface area contributed by atoms with Crippen LogP contribution in [0.15, 0.2) is 199 Å². The average molecular weight is 729 g/mol. The van der Waals surface area contributed by atoms with Crippen LogP contribution in [0.1, 0.15) is 0 Å². The predicted octanol–water partition coefficient (Wildman–Crippen LogP) is 13.6. The van der Waals surface area contributed by atoms with Gasteiger partial charge in [-0.2, -0.15) is 0 Å². The minimum atomic E-state index is 0.638. The smallest absolute Gasteiger partial charge is 0.162 e. The number of rotatable bonds is 5. The Morgan fingerprint density at radius 1 is 0.368 bits per heavy atom. The van der Waals surface area contributed by atoms with E-state index >= 15 is 0 Å². The summed E-state index contributed by atoms with van der Waals surface area (Å²) in [6, 6.07) is 68.4. The molecule has 0 fully saturated rings. The minimum absolute atomic E-state index is 0.638. The zero-order valence-corrected chi connectivity index (χ0v) is 30.7. The molecule has 0 N–H and O–H groups in total. The van der Waals surface area contributed by atoms with Gasteiger partial charge in [-0.1, -0.05) is 140 Å². The third kappa shape index (κ3) is 4.89. The minimum Gasteiger partial charge on any atom is -0.456 e. The normalized spacial score (nSPS) is 11.9. The van der Waals surface area contributed by atoms with Crippen molar-refractivity contribution < 1.29 is 4.42 Å². The summed E-state index contributed by atoms with van der Waals surface area (Å²) in [5.74, 6) is 1.43. The van der Waals surface area contributed by atoms with Gasteiger partial charge in [-0.15, -0.1) is 0 Å². The third-order valence-corrected chi connectivity index (χ3v) is 11.4. The third-order valence-electron chi connectivity index (χ3n) is 11.4.